The maximum absolute atomic E-state index is 5.25. The fourth-order valence-corrected chi connectivity index (χ4v) is 9.28. The lowest BCUT2D eigenvalue weighted by molar-refractivity contribution is 1.18. The molecule has 8 aromatic carbocycles. The highest BCUT2D eigenvalue weighted by Crippen LogP contribution is 2.43. The molecule has 0 saturated heterocycles. The Balaban J connectivity index is 0.942. The van der Waals surface area contributed by atoms with Crippen LogP contribution in [0.5, 0.6) is 0 Å². The predicted octanol–water partition coefficient (Wildman–Crippen LogP) is 14.5. The molecule has 0 saturated carbocycles. The van der Waals surface area contributed by atoms with E-state index in [0.29, 0.717) is 5.82 Å². The van der Waals surface area contributed by atoms with Crippen LogP contribution in [-0.2, 0) is 0 Å². The number of fused-ring (bicyclic) bond motifs is 7. The van der Waals surface area contributed by atoms with Crippen LogP contribution in [0.1, 0.15) is 0 Å². The first-order chi connectivity index (χ1) is 28.2. The van der Waals surface area contributed by atoms with Crippen molar-refractivity contribution < 1.29 is 0 Å². The van der Waals surface area contributed by atoms with Gasteiger partial charge in [0.1, 0.15) is 0 Å². The summed E-state index contributed by atoms with van der Waals surface area (Å²) in [6.45, 7) is 0. The van der Waals surface area contributed by atoms with Crippen LogP contribution in [0.25, 0.3) is 109 Å². The van der Waals surface area contributed by atoms with Gasteiger partial charge in [-0.2, -0.15) is 0 Å². The van der Waals surface area contributed by atoms with Crippen molar-refractivity contribution in [2.24, 2.45) is 0 Å². The van der Waals surface area contributed by atoms with Crippen molar-refractivity contribution in [1.29, 1.82) is 0 Å². The van der Waals surface area contributed by atoms with Crippen molar-refractivity contribution in [2.45, 2.75) is 0 Å². The van der Waals surface area contributed by atoms with E-state index in [1.54, 1.807) is 0 Å². The first-order valence-electron chi connectivity index (χ1n) is 19.2. The zero-order valence-electron chi connectivity index (χ0n) is 30.8. The number of rotatable bonds is 6. The fourth-order valence-electron chi connectivity index (χ4n) is 8.01. The van der Waals surface area contributed by atoms with E-state index in [1.165, 1.54) is 47.5 Å². The highest BCUT2D eigenvalue weighted by molar-refractivity contribution is 7.26. The van der Waals surface area contributed by atoms with Crippen LogP contribution < -0.4 is 0 Å². The number of aromatic nitrogens is 3. The zero-order valence-corrected chi connectivity index (χ0v) is 31.6. The Hall–Kier alpha value is -7.27. The van der Waals surface area contributed by atoms with Crippen LogP contribution in [0.15, 0.2) is 200 Å². The van der Waals surface area contributed by atoms with Crippen LogP contribution in [0.3, 0.4) is 0 Å². The van der Waals surface area contributed by atoms with E-state index < -0.39 is 0 Å². The van der Waals surface area contributed by atoms with Crippen LogP contribution in [0.4, 0.5) is 0 Å². The van der Waals surface area contributed by atoms with E-state index in [0.717, 1.165) is 56.0 Å². The summed E-state index contributed by atoms with van der Waals surface area (Å²) in [5.74, 6) is 0.697. The zero-order chi connectivity index (χ0) is 37.7. The average molecular weight is 744 g/mol. The Morgan fingerprint density at radius 3 is 1.46 bits per heavy atom. The molecule has 0 aliphatic carbocycles. The second-order valence-corrected chi connectivity index (χ2v) is 15.4. The number of benzene rings is 8. The second-order valence-electron chi connectivity index (χ2n) is 14.4. The summed E-state index contributed by atoms with van der Waals surface area (Å²) in [6, 6.07) is 70.7. The Labute approximate surface area is 334 Å². The van der Waals surface area contributed by atoms with Crippen molar-refractivity contribution >= 4 is 53.2 Å². The van der Waals surface area contributed by atoms with Crippen molar-refractivity contribution in [1.82, 2.24) is 15.0 Å². The van der Waals surface area contributed by atoms with Crippen LogP contribution >= 0.6 is 11.3 Å². The lowest BCUT2D eigenvalue weighted by Gasteiger charge is -2.12. The monoisotopic (exact) mass is 743 g/mol. The minimum absolute atomic E-state index is 0.697. The number of thiophene rings is 1. The van der Waals surface area contributed by atoms with E-state index in [1.807, 2.05) is 35.6 Å². The van der Waals surface area contributed by atoms with Gasteiger partial charge in [-0.25, -0.2) is 15.0 Å². The minimum atomic E-state index is 0.697. The van der Waals surface area contributed by atoms with Gasteiger partial charge in [-0.15, -0.1) is 11.3 Å². The van der Waals surface area contributed by atoms with Gasteiger partial charge >= 0.3 is 0 Å². The average Bonchev–Trinajstić information content (AvgIpc) is 3.68. The Bertz CT molecular complexity index is 3240. The number of hydrogen-bond donors (Lipinski definition) is 0. The summed E-state index contributed by atoms with van der Waals surface area (Å²) in [4.78, 5) is 15.4. The molecule has 3 heterocycles. The molecule has 0 aliphatic rings. The summed E-state index contributed by atoms with van der Waals surface area (Å²) >= 11 is 1.87. The van der Waals surface area contributed by atoms with E-state index >= 15 is 0 Å². The molecule has 0 fully saturated rings. The maximum atomic E-state index is 5.25. The van der Waals surface area contributed by atoms with E-state index in [2.05, 4.69) is 176 Å². The van der Waals surface area contributed by atoms with Gasteiger partial charge in [0, 0.05) is 58.6 Å². The molecule has 0 radical (unpaired) electrons. The molecule has 0 amide bonds. The molecule has 0 N–H and O–H groups in total. The SMILES string of the molecule is c1ccc(-c2ccc(-c3cc(-c4ccccc4)nc(-c4ccc(-c5ccc(-c6nc7ccccc7c7c6ccc6c8ccccc8sc67)cc5)cc4)n3)cc2)cc1. The van der Waals surface area contributed by atoms with Gasteiger partial charge < -0.3 is 0 Å². The third kappa shape index (κ3) is 5.95. The Kier molecular flexibility index (Phi) is 8.01. The molecular weight excluding hydrogens is 711 g/mol. The van der Waals surface area contributed by atoms with E-state index in [4.69, 9.17) is 15.0 Å². The highest BCUT2D eigenvalue weighted by atomic mass is 32.1. The molecule has 0 aliphatic heterocycles. The van der Waals surface area contributed by atoms with Crippen LogP contribution in [0, 0.1) is 0 Å². The van der Waals surface area contributed by atoms with Gasteiger partial charge in [0.25, 0.3) is 0 Å². The van der Waals surface area contributed by atoms with Crippen LogP contribution in [-0.4, -0.2) is 15.0 Å². The predicted molar refractivity (Wildman–Crippen MR) is 240 cm³/mol. The summed E-state index contributed by atoms with van der Waals surface area (Å²) in [5, 5.41) is 6.25. The second kappa shape index (κ2) is 13.8. The Morgan fingerprint density at radius 2 is 0.789 bits per heavy atom. The van der Waals surface area contributed by atoms with Gasteiger partial charge in [0.05, 0.1) is 22.6 Å². The summed E-state index contributed by atoms with van der Waals surface area (Å²) < 4.78 is 2.62. The first kappa shape index (κ1) is 33.1. The molecule has 266 valence electrons. The maximum Gasteiger partial charge on any atom is 0.160 e. The summed E-state index contributed by atoms with van der Waals surface area (Å²) in [6.07, 6.45) is 0. The third-order valence-electron chi connectivity index (χ3n) is 10.9. The largest absolute Gasteiger partial charge is 0.247 e. The van der Waals surface area contributed by atoms with Gasteiger partial charge in [0.15, 0.2) is 5.82 Å². The molecule has 0 bridgehead atoms. The minimum Gasteiger partial charge on any atom is -0.247 e. The van der Waals surface area contributed by atoms with E-state index in [9.17, 15) is 0 Å². The molecular formula is C53H33N3S. The molecule has 11 aromatic rings. The van der Waals surface area contributed by atoms with Crippen molar-refractivity contribution in [2.75, 3.05) is 0 Å². The molecule has 0 unspecified atom stereocenters. The number of para-hydroxylation sites is 1. The van der Waals surface area contributed by atoms with Crippen LogP contribution in [0.2, 0.25) is 0 Å². The van der Waals surface area contributed by atoms with E-state index in [-0.39, 0.29) is 0 Å². The number of pyridine rings is 1. The molecule has 0 spiro atoms. The number of hydrogen-bond acceptors (Lipinski definition) is 4. The lowest BCUT2D eigenvalue weighted by Crippen LogP contribution is -1.96. The fraction of sp³-hybridized carbons (Fsp3) is 0. The van der Waals surface area contributed by atoms with Crippen molar-refractivity contribution in [3.63, 3.8) is 0 Å². The summed E-state index contributed by atoms with van der Waals surface area (Å²) in [7, 11) is 0. The van der Waals surface area contributed by atoms with Gasteiger partial charge in [0.2, 0.25) is 0 Å². The molecule has 0 atom stereocenters. The molecule has 3 nitrogen and oxygen atoms in total. The highest BCUT2D eigenvalue weighted by Gasteiger charge is 2.17. The topological polar surface area (TPSA) is 38.7 Å². The summed E-state index contributed by atoms with van der Waals surface area (Å²) in [5.41, 5.74) is 12.6. The quantitative estimate of drug-likeness (QED) is 0.159. The van der Waals surface area contributed by atoms with Gasteiger partial charge in [-0.3, -0.25) is 0 Å². The van der Waals surface area contributed by atoms with Gasteiger partial charge in [-0.05, 0) is 40.5 Å². The first-order valence-corrected chi connectivity index (χ1v) is 20.0. The molecule has 3 aromatic heterocycles. The van der Waals surface area contributed by atoms with Gasteiger partial charge in [-0.1, -0.05) is 182 Å². The third-order valence-corrected chi connectivity index (χ3v) is 12.1. The lowest BCUT2D eigenvalue weighted by atomic mass is 9.96. The standard InChI is InChI=1S/C53H33N3S/c1-3-11-34(12-4-1)35-19-25-39(26-20-35)48-33-47(38-13-5-2-6-14-38)55-53(56-48)41-29-23-37(24-30-41)36-21-27-40(28-22-36)51-45-32-31-43-42-15-8-10-18-49(42)57-52(43)50(45)44-16-7-9-17-46(44)54-51/h1-33H. The smallest absolute Gasteiger partial charge is 0.160 e. The number of nitrogens with zero attached hydrogens (tertiary/aromatic N) is 3. The molecule has 4 heteroatoms. The molecule has 57 heavy (non-hydrogen) atoms. The van der Waals surface area contributed by atoms with Crippen molar-refractivity contribution in [3.05, 3.63) is 200 Å². The molecule has 11 rings (SSSR count). The normalized spacial score (nSPS) is 11.5. The Morgan fingerprint density at radius 1 is 0.316 bits per heavy atom. The van der Waals surface area contributed by atoms with Crippen molar-refractivity contribution in [3.8, 4) is 67.4 Å².